The van der Waals surface area contributed by atoms with Crippen LogP contribution in [0.25, 0.3) is 0 Å². The van der Waals surface area contributed by atoms with Gasteiger partial charge in [-0.15, -0.1) is 0 Å². The molecule has 1 N–H and O–H groups in total. The van der Waals surface area contributed by atoms with Crippen LogP contribution in [0.3, 0.4) is 0 Å². The molecule has 1 aliphatic heterocycles. The van der Waals surface area contributed by atoms with Gasteiger partial charge in [-0.2, -0.15) is 0 Å². The van der Waals surface area contributed by atoms with E-state index in [9.17, 15) is 5.11 Å². The predicted octanol–water partition coefficient (Wildman–Crippen LogP) is 1.10. The lowest BCUT2D eigenvalue weighted by Gasteiger charge is -2.25. The van der Waals surface area contributed by atoms with Gasteiger partial charge in [0.25, 0.3) is 0 Å². The molecule has 0 amide bonds. The van der Waals surface area contributed by atoms with Gasteiger partial charge in [-0.05, 0) is 32.1 Å². The zero-order valence-corrected chi connectivity index (χ0v) is 7.95. The van der Waals surface area contributed by atoms with E-state index in [0.717, 1.165) is 45.3 Å². The average molecular weight is 186 g/mol. The van der Waals surface area contributed by atoms with Crippen LogP contribution < -0.4 is 0 Å². The quantitative estimate of drug-likeness (QED) is 0.701. The molecular weight excluding hydrogens is 168 g/mol. The second-order valence-corrected chi connectivity index (χ2v) is 4.04. The van der Waals surface area contributed by atoms with E-state index in [4.69, 9.17) is 9.47 Å². The van der Waals surface area contributed by atoms with Gasteiger partial charge in [-0.1, -0.05) is 0 Å². The van der Waals surface area contributed by atoms with E-state index >= 15 is 0 Å². The standard InChI is InChI=1S/C10H18O3/c11-8-1-2-10(7-8)13-9-3-5-12-6-4-9/h8-11H,1-7H2. The highest BCUT2D eigenvalue weighted by atomic mass is 16.5. The van der Waals surface area contributed by atoms with Crippen LogP contribution in [0.2, 0.25) is 0 Å². The zero-order chi connectivity index (χ0) is 9.10. The fraction of sp³-hybridized carbons (Fsp3) is 1.00. The zero-order valence-electron chi connectivity index (χ0n) is 7.95. The molecule has 1 heterocycles. The lowest BCUT2D eigenvalue weighted by atomic mass is 10.1. The maximum Gasteiger partial charge on any atom is 0.0622 e. The third-order valence-corrected chi connectivity index (χ3v) is 2.91. The van der Waals surface area contributed by atoms with Crippen molar-refractivity contribution in [2.75, 3.05) is 13.2 Å². The summed E-state index contributed by atoms with van der Waals surface area (Å²) in [6.45, 7) is 1.67. The summed E-state index contributed by atoms with van der Waals surface area (Å²) in [5.74, 6) is 0. The van der Waals surface area contributed by atoms with Crippen molar-refractivity contribution in [2.24, 2.45) is 0 Å². The van der Waals surface area contributed by atoms with Gasteiger partial charge in [0.2, 0.25) is 0 Å². The van der Waals surface area contributed by atoms with Gasteiger partial charge in [0.05, 0.1) is 18.3 Å². The average Bonchev–Trinajstić information content (AvgIpc) is 2.53. The van der Waals surface area contributed by atoms with E-state index in [1.807, 2.05) is 0 Å². The molecule has 1 aliphatic carbocycles. The molecule has 2 atom stereocenters. The molecule has 13 heavy (non-hydrogen) atoms. The number of hydrogen-bond acceptors (Lipinski definition) is 3. The highest BCUT2D eigenvalue weighted by Crippen LogP contribution is 2.25. The molecular formula is C10H18O3. The van der Waals surface area contributed by atoms with E-state index in [1.54, 1.807) is 0 Å². The Bertz CT molecular complexity index is 151. The second kappa shape index (κ2) is 4.40. The predicted molar refractivity (Wildman–Crippen MR) is 48.6 cm³/mol. The molecule has 0 aromatic carbocycles. The Kier molecular flexibility index (Phi) is 3.19. The molecule has 3 nitrogen and oxygen atoms in total. The van der Waals surface area contributed by atoms with Crippen LogP contribution in [0.4, 0.5) is 0 Å². The smallest absolute Gasteiger partial charge is 0.0622 e. The van der Waals surface area contributed by atoms with Crippen molar-refractivity contribution in [3.05, 3.63) is 0 Å². The SMILES string of the molecule is OC1CCC(OC2CCOCC2)C1. The minimum absolute atomic E-state index is 0.121. The molecule has 2 unspecified atom stereocenters. The molecule has 0 aromatic heterocycles. The van der Waals surface area contributed by atoms with Crippen molar-refractivity contribution in [2.45, 2.75) is 50.4 Å². The molecule has 1 saturated carbocycles. The van der Waals surface area contributed by atoms with Crippen LogP contribution >= 0.6 is 0 Å². The van der Waals surface area contributed by atoms with Crippen LogP contribution in [0.5, 0.6) is 0 Å². The minimum Gasteiger partial charge on any atom is -0.393 e. The van der Waals surface area contributed by atoms with E-state index in [2.05, 4.69) is 0 Å². The van der Waals surface area contributed by atoms with Gasteiger partial charge in [-0.25, -0.2) is 0 Å². The lowest BCUT2D eigenvalue weighted by molar-refractivity contribution is -0.0681. The molecule has 0 radical (unpaired) electrons. The third-order valence-electron chi connectivity index (χ3n) is 2.91. The minimum atomic E-state index is -0.121. The maximum absolute atomic E-state index is 9.32. The van der Waals surface area contributed by atoms with E-state index in [-0.39, 0.29) is 6.10 Å². The van der Waals surface area contributed by atoms with Gasteiger partial charge in [0.15, 0.2) is 0 Å². The summed E-state index contributed by atoms with van der Waals surface area (Å²) >= 11 is 0. The molecule has 2 rings (SSSR count). The third kappa shape index (κ3) is 2.66. The summed E-state index contributed by atoms with van der Waals surface area (Å²) in [5.41, 5.74) is 0. The van der Waals surface area contributed by atoms with Crippen LogP contribution in [0.15, 0.2) is 0 Å². The Labute approximate surface area is 79.0 Å². The molecule has 3 heteroatoms. The summed E-state index contributed by atoms with van der Waals surface area (Å²) < 4.78 is 11.1. The molecule has 0 aromatic rings. The van der Waals surface area contributed by atoms with Gasteiger partial charge in [-0.3, -0.25) is 0 Å². The Morgan fingerprint density at radius 2 is 1.77 bits per heavy atom. The van der Waals surface area contributed by atoms with E-state index < -0.39 is 0 Å². The highest BCUT2D eigenvalue weighted by Gasteiger charge is 2.26. The Balaban J connectivity index is 1.71. The number of aliphatic hydroxyl groups excluding tert-OH is 1. The summed E-state index contributed by atoms with van der Waals surface area (Å²) in [6, 6.07) is 0. The molecule has 76 valence electrons. The van der Waals surface area contributed by atoms with E-state index in [0.29, 0.717) is 12.2 Å². The van der Waals surface area contributed by atoms with Gasteiger partial charge in [0, 0.05) is 13.2 Å². The Hall–Kier alpha value is -0.120. The lowest BCUT2D eigenvalue weighted by Crippen LogP contribution is -2.27. The van der Waals surface area contributed by atoms with Gasteiger partial charge in [0.1, 0.15) is 0 Å². The van der Waals surface area contributed by atoms with Gasteiger partial charge >= 0.3 is 0 Å². The Morgan fingerprint density at radius 1 is 1.00 bits per heavy atom. The van der Waals surface area contributed by atoms with Crippen molar-refractivity contribution in [1.82, 2.24) is 0 Å². The molecule has 1 saturated heterocycles. The number of hydrogen-bond donors (Lipinski definition) is 1. The van der Waals surface area contributed by atoms with Crippen molar-refractivity contribution in [3.63, 3.8) is 0 Å². The van der Waals surface area contributed by atoms with Crippen molar-refractivity contribution in [1.29, 1.82) is 0 Å². The molecule has 2 fully saturated rings. The van der Waals surface area contributed by atoms with E-state index in [1.165, 1.54) is 0 Å². The van der Waals surface area contributed by atoms with Crippen LogP contribution in [0, 0.1) is 0 Å². The Morgan fingerprint density at radius 3 is 2.38 bits per heavy atom. The number of rotatable bonds is 2. The first-order chi connectivity index (χ1) is 6.34. The largest absolute Gasteiger partial charge is 0.393 e. The maximum atomic E-state index is 9.32. The fourth-order valence-corrected chi connectivity index (χ4v) is 2.13. The van der Waals surface area contributed by atoms with Crippen molar-refractivity contribution < 1.29 is 14.6 Å². The number of aliphatic hydroxyl groups is 1. The van der Waals surface area contributed by atoms with Crippen molar-refractivity contribution >= 4 is 0 Å². The highest BCUT2D eigenvalue weighted by molar-refractivity contribution is 4.77. The topological polar surface area (TPSA) is 38.7 Å². The van der Waals surface area contributed by atoms with Crippen LogP contribution in [-0.4, -0.2) is 36.6 Å². The molecule has 0 bridgehead atoms. The second-order valence-electron chi connectivity index (χ2n) is 4.04. The van der Waals surface area contributed by atoms with Crippen LogP contribution in [-0.2, 0) is 9.47 Å². The first-order valence-electron chi connectivity index (χ1n) is 5.26. The summed E-state index contributed by atoms with van der Waals surface area (Å²) in [5, 5.41) is 9.32. The summed E-state index contributed by atoms with van der Waals surface area (Å²) in [6.07, 6.45) is 5.37. The first kappa shape index (κ1) is 9.44. The normalized spacial score (nSPS) is 36.7. The fourth-order valence-electron chi connectivity index (χ4n) is 2.13. The number of ether oxygens (including phenoxy) is 2. The van der Waals surface area contributed by atoms with Gasteiger partial charge < -0.3 is 14.6 Å². The molecule has 0 spiro atoms. The van der Waals surface area contributed by atoms with Crippen LogP contribution in [0.1, 0.15) is 32.1 Å². The summed E-state index contributed by atoms with van der Waals surface area (Å²) in [7, 11) is 0. The van der Waals surface area contributed by atoms with Crippen molar-refractivity contribution in [3.8, 4) is 0 Å². The monoisotopic (exact) mass is 186 g/mol. The first-order valence-corrected chi connectivity index (χ1v) is 5.26. The molecule has 2 aliphatic rings. The summed E-state index contributed by atoms with van der Waals surface area (Å²) in [4.78, 5) is 0.